The van der Waals surface area contributed by atoms with E-state index in [1.165, 1.54) is 10.9 Å². The van der Waals surface area contributed by atoms with Crippen LogP contribution in [0.25, 0.3) is 5.69 Å². The van der Waals surface area contributed by atoms with Crippen LogP contribution in [-0.4, -0.2) is 32.7 Å². The van der Waals surface area contributed by atoms with E-state index in [-0.39, 0.29) is 12.3 Å². The largest absolute Gasteiger partial charge is 0.463 e. The molecule has 3 rings (SSSR count). The topological polar surface area (TPSA) is 81.1 Å². The van der Waals surface area contributed by atoms with E-state index in [9.17, 15) is 13.6 Å². The summed E-state index contributed by atoms with van der Waals surface area (Å²) < 4.78 is 33.1. The third-order valence-electron chi connectivity index (χ3n) is 3.68. The minimum atomic E-state index is -0.735. The third-order valence-corrected chi connectivity index (χ3v) is 3.90. The number of aromatic nitrogens is 3. The minimum Gasteiger partial charge on any atom is -0.463 e. The second kappa shape index (κ2) is 7.16. The van der Waals surface area contributed by atoms with Crippen LogP contribution in [0.1, 0.15) is 25.6 Å². The molecule has 2 N–H and O–H groups in total. The summed E-state index contributed by atoms with van der Waals surface area (Å²) in [5.41, 5.74) is 1.35. The molecule has 136 valence electrons. The number of nitrogens with one attached hydrogen (secondary N) is 2. The Morgan fingerprint density at radius 2 is 2.04 bits per heavy atom. The number of thiocarbonyl (C=S) groups is 1. The highest BCUT2D eigenvalue weighted by molar-refractivity contribution is 7.80. The number of hydrogen-bond acceptors (Lipinski definition) is 5. The summed E-state index contributed by atoms with van der Waals surface area (Å²) in [6.45, 7) is 3.60. The van der Waals surface area contributed by atoms with Crippen molar-refractivity contribution in [3.63, 3.8) is 0 Å². The van der Waals surface area contributed by atoms with Gasteiger partial charge in [0.25, 0.3) is 0 Å². The lowest BCUT2D eigenvalue weighted by atomic mass is 10.0. The van der Waals surface area contributed by atoms with Crippen LogP contribution in [0.15, 0.2) is 35.7 Å². The van der Waals surface area contributed by atoms with Crippen molar-refractivity contribution >= 4 is 23.3 Å². The molecule has 2 heterocycles. The van der Waals surface area contributed by atoms with Crippen LogP contribution in [0.2, 0.25) is 0 Å². The van der Waals surface area contributed by atoms with E-state index >= 15 is 0 Å². The standard InChI is InChI=1S/C16H15F2N5O2S/c1-3-25-15(24)13-8(2)19-16(26)20-14(13)12-7-23(22-21-12)11-5-9(17)4-10(18)6-11/h4-7,14H,3H2,1-2H3,(H2,19,20,26). The lowest BCUT2D eigenvalue weighted by molar-refractivity contribution is -0.139. The van der Waals surface area contributed by atoms with Crippen molar-refractivity contribution in [1.29, 1.82) is 0 Å². The van der Waals surface area contributed by atoms with Gasteiger partial charge in [0.05, 0.1) is 24.1 Å². The Labute approximate surface area is 153 Å². The predicted molar refractivity (Wildman–Crippen MR) is 92.2 cm³/mol. The van der Waals surface area contributed by atoms with Crippen LogP contribution in [0, 0.1) is 11.6 Å². The van der Waals surface area contributed by atoms with Crippen molar-refractivity contribution in [3.8, 4) is 5.69 Å². The lowest BCUT2D eigenvalue weighted by Crippen LogP contribution is -2.45. The van der Waals surface area contributed by atoms with E-state index in [0.717, 1.165) is 18.2 Å². The van der Waals surface area contributed by atoms with E-state index < -0.39 is 23.6 Å². The number of esters is 1. The van der Waals surface area contributed by atoms with Gasteiger partial charge in [0.15, 0.2) is 5.11 Å². The van der Waals surface area contributed by atoms with E-state index in [2.05, 4.69) is 20.9 Å². The van der Waals surface area contributed by atoms with Gasteiger partial charge in [0.1, 0.15) is 23.4 Å². The monoisotopic (exact) mass is 379 g/mol. The summed E-state index contributed by atoms with van der Waals surface area (Å²) >= 11 is 5.14. The number of benzene rings is 1. The molecule has 26 heavy (non-hydrogen) atoms. The van der Waals surface area contributed by atoms with Crippen LogP contribution in [0.4, 0.5) is 8.78 Å². The average molecular weight is 379 g/mol. The molecule has 1 atom stereocenters. The first-order valence-corrected chi connectivity index (χ1v) is 8.14. The van der Waals surface area contributed by atoms with Crippen LogP contribution < -0.4 is 10.6 Å². The van der Waals surface area contributed by atoms with Gasteiger partial charge in [0.2, 0.25) is 0 Å². The Morgan fingerprint density at radius 3 is 2.69 bits per heavy atom. The molecule has 1 aliphatic rings. The first-order valence-electron chi connectivity index (χ1n) is 7.73. The first-order chi connectivity index (χ1) is 12.4. The van der Waals surface area contributed by atoms with Gasteiger partial charge in [-0.05, 0) is 38.2 Å². The summed E-state index contributed by atoms with van der Waals surface area (Å²) in [7, 11) is 0. The van der Waals surface area contributed by atoms with Crippen molar-refractivity contribution < 1.29 is 18.3 Å². The van der Waals surface area contributed by atoms with Gasteiger partial charge in [-0.2, -0.15) is 0 Å². The van der Waals surface area contributed by atoms with Crippen molar-refractivity contribution in [1.82, 2.24) is 25.6 Å². The molecule has 10 heteroatoms. The number of nitrogens with zero attached hydrogens (tertiary/aromatic N) is 3. The van der Waals surface area contributed by atoms with Gasteiger partial charge < -0.3 is 15.4 Å². The van der Waals surface area contributed by atoms with Crippen molar-refractivity contribution in [2.75, 3.05) is 6.61 Å². The quantitative estimate of drug-likeness (QED) is 0.620. The van der Waals surface area contributed by atoms with E-state index in [0.29, 0.717) is 22.1 Å². The Hall–Kier alpha value is -2.88. The molecule has 2 aromatic rings. The predicted octanol–water partition coefficient (Wildman–Crippen LogP) is 1.90. The molecule has 0 radical (unpaired) electrons. The zero-order valence-electron chi connectivity index (χ0n) is 13.9. The number of carbonyl (C=O) groups excluding carboxylic acids is 1. The molecule has 0 aliphatic carbocycles. The summed E-state index contributed by atoms with van der Waals surface area (Å²) in [6.07, 6.45) is 1.46. The smallest absolute Gasteiger partial charge is 0.338 e. The molecule has 1 aromatic carbocycles. The second-order valence-electron chi connectivity index (χ2n) is 5.51. The molecule has 7 nitrogen and oxygen atoms in total. The third kappa shape index (κ3) is 3.54. The molecule has 0 amide bonds. The molecule has 0 fully saturated rings. The zero-order valence-corrected chi connectivity index (χ0v) is 14.7. The highest BCUT2D eigenvalue weighted by Gasteiger charge is 2.32. The Morgan fingerprint density at radius 1 is 1.35 bits per heavy atom. The van der Waals surface area contributed by atoms with Gasteiger partial charge in [-0.25, -0.2) is 18.3 Å². The summed E-state index contributed by atoms with van der Waals surface area (Å²) in [5.74, 6) is -1.99. The molecular formula is C16H15F2N5O2S. The molecule has 0 saturated carbocycles. The van der Waals surface area contributed by atoms with E-state index in [1.807, 2.05) is 0 Å². The SMILES string of the molecule is CCOC(=O)C1=C(C)NC(=S)NC1c1cn(-c2cc(F)cc(F)c2)nn1. The van der Waals surface area contributed by atoms with Gasteiger partial charge in [0, 0.05) is 11.8 Å². The van der Waals surface area contributed by atoms with Crippen molar-refractivity contribution in [3.05, 3.63) is 53.0 Å². The molecule has 0 saturated heterocycles. The summed E-state index contributed by atoms with van der Waals surface area (Å²) in [5, 5.41) is 14.0. The van der Waals surface area contributed by atoms with Crippen molar-refractivity contribution in [2.45, 2.75) is 19.9 Å². The van der Waals surface area contributed by atoms with Crippen LogP contribution in [0.3, 0.4) is 0 Å². The number of halogens is 2. The fourth-order valence-corrected chi connectivity index (χ4v) is 2.87. The maximum Gasteiger partial charge on any atom is 0.338 e. The Balaban J connectivity index is 1.99. The fourth-order valence-electron chi connectivity index (χ4n) is 2.60. The fraction of sp³-hybridized carbons (Fsp3) is 0.250. The molecule has 1 aromatic heterocycles. The Kier molecular flexibility index (Phi) is 4.94. The number of ether oxygens (including phenoxy) is 1. The lowest BCUT2D eigenvalue weighted by Gasteiger charge is -2.28. The number of carbonyl (C=O) groups is 1. The molecule has 0 spiro atoms. The maximum absolute atomic E-state index is 13.4. The Bertz CT molecular complexity index is 892. The highest BCUT2D eigenvalue weighted by Crippen LogP contribution is 2.26. The molecule has 1 unspecified atom stereocenters. The molecular weight excluding hydrogens is 364 g/mol. The highest BCUT2D eigenvalue weighted by atomic mass is 32.1. The maximum atomic E-state index is 13.4. The molecule has 0 bridgehead atoms. The second-order valence-corrected chi connectivity index (χ2v) is 5.91. The minimum absolute atomic E-state index is 0.163. The average Bonchev–Trinajstić information content (AvgIpc) is 3.03. The number of allylic oxidation sites excluding steroid dienone is 1. The first kappa shape index (κ1) is 17.9. The van der Waals surface area contributed by atoms with Gasteiger partial charge in [-0.3, -0.25) is 0 Å². The normalized spacial score (nSPS) is 16.9. The zero-order chi connectivity index (χ0) is 18.8. The van der Waals surface area contributed by atoms with Crippen molar-refractivity contribution in [2.24, 2.45) is 0 Å². The van der Waals surface area contributed by atoms with Crippen LogP contribution in [-0.2, 0) is 9.53 Å². The van der Waals surface area contributed by atoms with E-state index in [1.54, 1.807) is 13.8 Å². The number of rotatable bonds is 4. The van der Waals surface area contributed by atoms with Crippen LogP contribution >= 0.6 is 12.2 Å². The molecule has 1 aliphatic heterocycles. The summed E-state index contributed by atoms with van der Waals surface area (Å²) in [4.78, 5) is 12.3. The van der Waals surface area contributed by atoms with Gasteiger partial charge in [-0.1, -0.05) is 5.21 Å². The van der Waals surface area contributed by atoms with Gasteiger partial charge in [-0.15, -0.1) is 5.10 Å². The number of hydrogen-bond donors (Lipinski definition) is 2. The summed E-state index contributed by atoms with van der Waals surface area (Å²) in [6, 6.07) is 2.30. The van der Waals surface area contributed by atoms with E-state index in [4.69, 9.17) is 17.0 Å². The van der Waals surface area contributed by atoms with Gasteiger partial charge >= 0.3 is 5.97 Å². The van der Waals surface area contributed by atoms with Crippen LogP contribution in [0.5, 0.6) is 0 Å².